The molecule has 0 spiro atoms. The van der Waals surface area contributed by atoms with Crippen LogP contribution in [0, 0.1) is 0 Å². The number of unbranched alkanes of at least 4 members (excludes halogenated alkanes) is 1. The summed E-state index contributed by atoms with van der Waals surface area (Å²) in [5.74, 6) is 0.129. The molecule has 0 aliphatic rings. The van der Waals surface area contributed by atoms with Crippen LogP contribution in [0.25, 0.3) is 0 Å². The Morgan fingerprint density at radius 1 is 1.33 bits per heavy atom. The van der Waals surface area contributed by atoms with E-state index in [1.54, 1.807) is 12.1 Å². The first-order valence-electron chi connectivity index (χ1n) is 4.75. The minimum absolute atomic E-state index is 0.290. The van der Waals surface area contributed by atoms with Gasteiger partial charge in [-0.3, -0.25) is 0 Å². The lowest BCUT2D eigenvalue weighted by Crippen LogP contribution is -1.94. The van der Waals surface area contributed by atoms with Crippen molar-refractivity contribution in [2.45, 2.75) is 24.7 Å². The number of hydrogen-bond acceptors (Lipinski definition) is 3. The van der Waals surface area contributed by atoms with Gasteiger partial charge in [0, 0.05) is 4.90 Å². The normalized spacial score (nSPS) is 9.00. The van der Waals surface area contributed by atoms with E-state index in [-0.39, 0.29) is 5.56 Å². The molecular formula is C11H16O2S2. The fourth-order valence-corrected chi connectivity index (χ4v) is 1.23. The van der Waals surface area contributed by atoms with Crippen molar-refractivity contribution in [2.75, 3.05) is 5.75 Å². The van der Waals surface area contributed by atoms with Crippen LogP contribution in [0.15, 0.2) is 29.2 Å². The van der Waals surface area contributed by atoms with Crippen LogP contribution in [-0.2, 0) is 0 Å². The molecule has 4 heteroatoms. The van der Waals surface area contributed by atoms with Gasteiger partial charge in [-0.05, 0) is 36.4 Å². The predicted octanol–water partition coefficient (Wildman–Crippen LogP) is 3.39. The fourth-order valence-electron chi connectivity index (χ4n) is 0.762. The van der Waals surface area contributed by atoms with Crippen molar-refractivity contribution in [1.29, 1.82) is 0 Å². The van der Waals surface area contributed by atoms with Crippen LogP contribution in [0.3, 0.4) is 0 Å². The minimum Gasteiger partial charge on any atom is -0.478 e. The molecule has 0 unspecified atom stereocenters. The molecule has 84 valence electrons. The standard InChI is InChI=1S/C7H6O2S.C4H10S/c8-7(9)5-1-3-6(10)4-2-5;1-2-3-4-5/h1-4,10H,(H,8,9);5H,2-4H2,1H3. The molecule has 1 aromatic carbocycles. The molecule has 0 fully saturated rings. The molecule has 0 radical (unpaired) electrons. The van der Waals surface area contributed by atoms with Crippen molar-refractivity contribution < 1.29 is 9.90 Å². The quantitative estimate of drug-likeness (QED) is 0.713. The molecule has 1 rings (SSSR count). The molecule has 0 aromatic heterocycles. The monoisotopic (exact) mass is 244 g/mol. The van der Waals surface area contributed by atoms with E-state index in [0.29, 0.717) is 0 Å². The van der Waals surface area contributed by atoms with Gasteiger partial charge < -0.3 is 5.11 Å². The third-order valence-electron chi connectivity index (χ3n) is 1.63. The Balaban J connectivity index is 0.000000336. The number of carboxylic acid groups (broad SMARTS) is 1. The lowest BCUT2D eigenvalue weighted by Gasteiger charge is -1.92. The maximum atomic E-state index is 10.3. The predicted molar refractivity (Wildman–Crippen MR) is 69.4 cm³/mol. The van der Waals surface area contributed by atoms with Crippen LogP contribution in [0.1, 0.15) is 30.1 Å². The maximum Gasteiger partial charge on any atom is 0.335 e. The van der Waals surface area contributed by atoms with Crippen LogP contribution in [0.2, 0.25) is 0 Å². The molecule has 0 saturated carbocycles. The zero-order valence-corrected chi connectivity index (χ0v) is 10.5. The largest absolute Gasteiger partial charge is 0.478 e. The maximum absolute atomic E-state index is 10.3. The van der Waals surface area contributed by atoms with Crippen molar-refractivity contribution in [2.24, 2.45) is 0 Å². The van der Waals surface area contributed by atoms with Crippen molar-refractivity contribution >= 4 is 31.2 Å². The molecule has 0 aliphatic heterocycles. The number of benzene rings is 1. The first kappa shape index (κ1) is 14.4. The molecule has 0 amide bonds. The first-order valence-corrected chi connectivity index (χ1v) is 5.83. The Morgan fingerprint density at radius 2 is 1.87 bits per heavy atom. The molecule has 0 saturated heterocycles. The number of aromatic carboxylic acids is 1. The van der Waals surface area contributed by atoms with Gasteiger partial charge in [-0.1, -0.05) is 13.3 Å². The Bertz CT molecular complexity index is 281. The highest BCUT2D eigenvalue weighted by Crippen LogP contribution is 2.06. The lowest BCUT2D eigenvalue weighted by atomic mass is 10.2. The van der Waals surface area contributed by atoms with Crippen molar-refractivity contribution in [3.8, 4) is 0 Å². The van der Waals surface area contributed by atoms with Gasteiger partial charge in [0.05, 0.1) is 5.56 Å². The summed E-state index contributed by atoms with van der Waals surface area (Å²) in [6.07, 6.45) is 2.52. The number of carboxylic acids is 1. The topological polar surface area (TPSA) is 37.3 Å². The van der Waals surface area contributed by atoms with Gasteiger partial charge in [-0.25, -0.2) is 4.79 Å². The molecule has 0 heterocycles. The Kier molecular flexibility index (Phi) is 8.33. The summed E-state index contributed by atoms with van der Waals surface area (Å²) >= 11 is 8.01. The second kappa shape index (κ2) is 8.68. The van der Waals surface area contributed by atoms with Gasteiger partial charge in [-0.15, -0.1) is 12.6 Å². The Hall–Kier alpha value is -0.610. The van der Waals surface area contributed by atoms with Crippen LogP contribution >= 0.6 is 25.3 Å². The summed E-state index contributed by atoms with van der Waals surface area (Å²) in [6, 6.07) is 6.33. The van der Waals surface area contributed by atoms with E-state index in [4.69, 9.17) is 5.11 Å². The second-order valence-corrected chi connectivity index (χ2v) is 3.89. The third kappa shape index (κ3) is 7.33. The SMILES string of the molecule is CCCCS.O=C(O)c1ccc(S)cc1. The summed E-state index contributed by atoms with van der Waals surface area (Å²) in [5.41, 5.74) is 0.290. The van der Waals surface area contributed by atoms with E-state index < -0.39 is 5.97 Å². The second-order valence-electron chi connectivity index (χ2n) is 2.93. The van der Waals surface area contributed by atoms with E-state index >= 15 is 0 Å². The highest BCUT2D eigenvalue weighted by molar-refractivity contribution is 7.80. The summed E-state index contributed by atoms with van der Waals surface area (Å²) in [5, 5.41) is 8.45. The van der Waals surface area contributed by atoms with E-state index in [2.05, 4.69) is 32.2 Å². The van der Waals surface area contributed by atoms with Gasteiger partial charge in [0.15, 0.2) is 0 Å². The number of rotatable bonds is 3. The molecule has 15 heavy (non-hydrogen) atoms. The van der Waals surface area contributed by atoms with Gasteiger partial charge in [0.2, 0.25) is 0 Å². The molecule has 2 nitrogen and oxygen atoms in total. The zero-order chi connectivity index (χ0) is 11.7. The highest BCUT2D eigenvalue weighted by Gasteiger charge is 1.98. The van der Waals surface area contributed by atoms with Gasteiger partial charge in [0.1, 0.15) is 0 Å². The molecule has 0 aliphatic carbocycles. The lowest BCUT2D eigenvalue weighted by molar-refractivity contribution is 0.0697. The van der Waals surface area contributed by atoms with Crippen molar-refractivity contribution in [3.63, 3.8) is 0 Å². The van der Waals surface area contributed by atoms with Gasteiger partial charge >= 0.3 is 5.97 Å². The van der Waals surface area contributed by atoms with Crippen LogP contribution in [-0.4, -0.2) is 16.8 Å². The van der Waals surface area contributed by atoms with E-state index in [0.717, 1.165) is 10.6 Å². The smallest absolute Gasteiger partial charge is 0.335 e. The van der Waals surface area contributed by atoms with E-state index in [9.17, 15) is 4.79 Å². The molecule has 1 N–H and O–H groups in total. The summed E-state index contributed by atoms with van der Waals surface area (Å²) in [4.78, 5) is 11.1. The van der Waals surface area contributed by atoms with Gasteiger partial charge in [-0.2, -0.15) is 12.6 Å². The molecular weight excluding hydrogens is 228 g/mol. The number of thiol groups is 2. The summed E-state index contributed by atoms with van der Waals surface area (Å²) in [6.45, 7) is 2.16. The van der Waals surface area contributed by atoms with Crippen LogP contribution in [0.5, 0.6) is 0 Å². The van der Waals surface area contributed by atoms with Crippen molar-refractivity contribution in [1.82, 2.24) is 0 Å². The van der Waals surface area contributed by atoms with Crippen LogP contribution in [0.4, 0.5) is 0 Å². The zero-order valence-electron chi connectivity index (χ0n) is 8.68. The first-order chi connectivity index (χ1) is 7.11. The van der Waals surface area contributed by atoms with Crippen LogP contribution < -0.4 is 0 Å². The molecule has 0 bridgehead atoms. The average molecular weight is 244 g/mol. The summed E-state index contributed by atoms with van der Waals surface area (Å²) in [7, 11) is 0. The Labute approximate surface area is 102 Å². The fraction of sp³-hybridized carbons (Fsp3) is 0.364. The number of hydrogen-bond donors (Lipinski definition) is 3. The minimum atomic E-state index is -0.909. The number of carbonyl (C=O) groups is 1. The van der Waals surface area contributed by atoms with E-state index in [1.165, 1.54) is 25.0 Å². The Morgan fingerprint density at radius 3 is 2.13 bits per heavy atom. The molecule has 1 aromatic rings. The molecule has 0 atom stereocenters. The summed E-state index contributed by atoms with van der Waals surface area (Å²) < 4.78 is 0. The third-order valence-corrected chi connectivity index (χ3v) is 2.24. The average Bonchev–Trinajstić information content (AvgIpc) is 2.20. The van der Waals surface area contributed by atoms with Gasteiger partial charge in [0.25, 0.3) is 0 Å². The highest BCUT2D eigenvalue weighted by atomic mass is 32.1. The van der Waals surface area contributed by atoms with Crippen molar-refractivity contribution in [3.05, 3.63) is 29.8 Å². The van der Waals surface area contributed by atoms with E-state index in [1.807, 2.05) is 0 Å².